The number of alkyl halides is 2. The van der Waals surface area contributed by atoms with Crippen molar-refractivity contribution in [1.29, 1.82) is 0 Å². The van der Waals surface area contributed by atoms with Crippen molar-refractivity contribution in [2.45, 2.75) is 18.6 Å². The number of ether oxygens (including phenoxy) is 2. The lowest BCUT2D eigenvalue weighted by atomic mass is 10.1. The van der Waals surface area contributed by atoms with Gasteiger partial charge in [0, 0.05) is 29.5 Å². The zero-order valence-corrected chi connectivity index (χ0v) is 27.1. The van der Waals surface area contributed by atoms with E-state index in [2.05, 4.69) is 30.4 Å². The van der Waals surface area contributed by atoms with E-state index < -0.39 is 28.2 Å². The first-order valence-corrected chi connectivity index (χ1v) is 17.2. The molecule has 2 aromatic carbocycles. The van der Waals surface area contributed by atoms with Crippen molar-refractivity contribution in [2.24, 2.45) is 4.40 Å². The molecule has 12 nitrogen and oxygen atoms in total. The zero-order valence-electron chi connectivity index (χ0n) is 23.0. The van der Waals surface area contributed by atoms with Crippen LogP contribution in [0.1, 0.15) is 16.9 Å². The number of sulfonamides is 1. The Bertz CT molecular complexity index is 1790. The van der Waals surface area contributed by atoms with Crippen LogP contribution in [-0.4, -0.2) is 77.8 Å². The summed E-state index contributed by atoms with van der Waals surface area (Å²) in [6.07, 6.45) is 2.70. The van der Waals surface area contributed by atoms with E-state index in [0.29, 0.717) is 29.2 Å². The second kappa shape index (κ2) is 13.0. The van der Waals surface area contributed by atoms with E-state index in [9.17, 15) is 31.6 Å². The van der Waals surface area contributed by atoms with Gasteiger partial charge in [-0.05, 0) is 52.2 Å². The van der Waals surface area contributed by atoms with Crippen molar-refractivity contribution in [3.05, 3.63) is 57.6 Å². The molecule has 0 spiro atoms. The van der Waals surface area contributed by atoms with Crippen LogP contribution in [0.3, 0.4) is 0 Å². The van der Waals surface area contributed by atoms with Crippen molar-refractivity contribution >= 4 is 61.3 Å². The van der Waals surface area contributed by atoms with Crippen LogP contribution in [0.2, 0.25) is 0 Å². The van der Waals surface area contributed by atoms with E-state index in [1.165, 1.54) is 23.4 Å². The molecule has 4 aromatic rings. The Morgan fingerprint density at radius 3 is 2.56 bits per heavy atom. The molecule has 2 heterocycles. The highest BCUT2D eigenvalue weighted by Gasteiger charge is 2.53. The van der Waals surface area contributed by atoms with E-state index in [-0.39, 0.29) is 44.9 Å². The monoisotopic (exact) mass is 721 g/mol. The summed E-state index contributed by atoms with van der Waals surface area (Å²) in [6, 6.07) is 10.4. The van der Waals surface area contributed by atoms with Gasteiger partial charge in [0.2, 0.25) is 0 Å². The molecule has 4 rings (SSSR count). The number of methoxy groups -OCH3 is 1. The minimum absolute atomic E-state index is 0.0333. The Morgan fingerprint density at radius 1 is 1.23 bits per heavy atom. The Balaban J connectivity index is 1.67. The molecule has 0 bridgehead atoms. The molecular formula is C25H27BrF2N5O7PS2. The van der Waals surface area contributed by atoms with Gasteiger partial charge in [0.25, 0.3) is 10.0 Å². The first kappa shape index (κ1) is 33.0. The number of nitrogens with zero attached hydrogens (tertiary/aromatic N) is 5. The van der Waals surface area contributed by atoms with Gasteiger partial charge in [-0.1, -0.05) is 12.1 Å². The number of halogens is 3. The summed E-state index contributed by atoms with van der Waals surface area (Å²) >= 11 is 3.55. The van der Waals surface area contributed by atoms with Crippen LogP contribution in [0.25, 0.3) is 21.5 Å². The van der Waals surface area contributed by atoms with Gasteiger partial charge >= 0.3 is 13.3 Å². The maximum atomic E-state index is 14.8. The maximum Gasteiger partial charge on any atom is 0.400 e. The second-order valence-electron chi connectivity index (χ2n) is 9.47. The average molecular weight is 723 g/mol. The van der Waals surface area contributed by atoms with Crippen LogP contribution in [-0.2, 0) is 26.8 Å². The smallest absolute Gasteiger partial charge is 0.400 e. The molecule has 0 saturated heterocycles. The third-order valence-corrected chi connectivity index (χ3v) is 10.6. The fourth-order valence-electron chi connectivity index (χ4n) is 3.77. The van der Waals surface area contributed by atoms with Crippen molar-refractivity contribution in [1.82, 2.24) is 19.7 Å². The molecule has 0 aliphatic rings. The molecule has 0 atom stereocenters. The van der Waals surface area contributed by atoms with Crippen molar-refractivity contribution in [2.75, 3.05) is 33.6 Å². The Kier molecular flexibility index (Phi) is 9.93. The SMILES string of the molecule is COc1ccc(Cn2cnc(-c3cc(OCCCS(=O)(=O)N=CN(C)C)c4sc(C(F)(F)P(=O)(O)O)c(Br)c4c3)n2)cc1. The molecule has 0 aliphatic carbocycles. The van der Waals surface area contributed by atoms with E-state index >= 15 is 0 Å². The number of rotatable bonds is 13. The van der Waals surface area contributed by atoms with E-state index in [0.717, 1.165) is 11.9 Å². The van der Waals surface area contributed by atoms with Crippen LogP contribution in [0, 0.1) is 0 Å². The van der Waals surface area contributed by atoms with Gasteiger partial charge in [-0.3, -0.25) is 4.57 Å². The topological polar surface area (TPSA) is 156 Å². The first-order valence-electron chi connectivity index (χ1n) is 12.4. The van der Waals surface area contributed by atoms with E-state index in [1.807, 2.05) is 24.3 Å². The van der Waals surface area contributed by atoms with Crippen LogP contribution < -0.4 is 9.47 Å². The number of aromatic nitrogens is 3. The predicted molar refractivity (Wildman–Crippen MR) is 163 cm³/mol. The predicted octanol–water partition coefficient (Wildman–Crippen LogP) is 4.89. The van der Waals surface area contributed by atoms with Crippen LogP contribution in [0.4, 0.5) is 8.78 Å². The Morgan fingerprint density at radius 2 is 1.93 bits per heavy atom. The molecule has 2 N–H and O–H groups in total. The highest BCUT2D eigenvalue weighted by Crippen LogP contribution is 2.63. The molecule has 18 heteroatoms. The van der Waals surface area contributed by atoms with Crippen molar-refractivity contribution < 1.29 is 41.0 Å². The summed E-state index contributed by atoms with van der Waals surface area (Å²) in [4.78, 5) is 23.6. The highest BCUT2D eigenvalue weighted by atomic mass is 79.9. The summed E-state index contributed by atoms with van der Waals surface area (Å²) < 4.78 is 81.6. The maximum absolute atomic E-state index is 14.8. The van der Waals surface area contributed by atoms with Gasteiger partial charge in [-0.15, -0.1) is 11.3 Å². The summed E-state index contributed by atoms with van der Waals surface area (Å²) in [5.74, 6) is 0.703. The molecule has 0 saturated carbocycles. The number of thiophene rings is 1. The molecular weight excluding hydrogens is 695 g/mol. The van der Waals surface area contributed by atoms with Crippen LogP contribution >= 0.6 is 34.9 Å². The Hall–Kier alpha value is -2.95. The molecule has 0 aliphatic heterocycles. The van der Waals surface area contributed by atoms with Gasteiger partial charge in [-0.25, -0.2) is 18.1 Å². The summed E-state index contributed by atoms with van der Waals surface area (Å²) in [5.41, 5.74) is -3.17. The molecule has 0 radical (unpaired) electrons. The molecule has 232 valence electrons. The minimum Gasteiger partial charge on any atom is -0.497 e. The fraction of sp³-hybridized carbons (Fsp3) is 0.320. The third kappa shape index (κ3) is 7.77. The van der Waals surface area contributed by atoms with E-state index in [1.54, 1.807) is 25.9 Å². The highest BCUT2D eigenvalue weighted by molar-refractivity contribution is 9.10. The van der Waals surface area contributed by atoms with Gasteiger partial charge in [0.1, 0.15) is 29.0 Å². The normalized spacial score (nSPS) is 12.7. The number of hydrogen-bond acceptors (Lipinski definition) is 8. The lowest BCUT2D eigenvalue weighted by molar-refractivity contribution is 0.0595. The van der Waals surface area contributed by atoms with Crippen molar-refractivity contribution in [3.8, 4) is 22.9 Å². The number of fused-ring (bicyclic) bond motifs is 1. The second-order valence-corrected chi connectivity index (χ2v) is 14.7. The number of benzene rings is 2. The van der Waals surface area contributed by atoms with Gasteiger partial charge in [0.05, 0.1) is 30.7 Å². The largest absolute Gasteiger partial charge is 0.497 e. The van der Waals surface area contributed by atoms with E-state index in [4.69, 9.17) is 9.47 Å². The summed E-state index contributed by atoms with van der Waals surface area (Å²) in [7, 11) is -4.81. The molecule has 0 amide bonds. The lowest BCUT2D eigenvalue weighted by Gasteiger charge is -2.16. The van der Waals surface area contributed by atoms with Gasteiger partial charge in [0.15, 0.2) is 5.82 Å². The molecule has 0 unspecified atom stereocenters. The quantitative estimate of drug-likeness (QED) is 0.0843. The van der Waals surface area contributed by atoms with Crippen molar-refractivity contribution in [3.63, 3.8) is 0 Å². The molecule has 43 heavy (non-hydrogen) atoms. The third-order valence-electron chi connectivity index (χ3n) is 5.87. The summed E-state index contributed by atoms with van der Waals surface area (Å²) in [6.45, 7) is 0.266. The number of hydrogen-bond donors (Lipinski definition) is 2. The molecule has 2 aromatic heterocycles. The molecule has 0 fully saturated rings. The summed E-state index contributed by atoms with van der Waals surface area (Å²) in [5, 5.41) is 4.68. The minimum atomic E-state index is -5.86. The van der Waals surface area contributed by atoms with Gasteiger partial charge in [-0.2, -0.15) is 18.3 Å². The van der Waals surface area contributed by atoms with Gasteiger partial charge < -0.3 is 24.2 Å². The zero-order chi connectivity index (χ0) is 31.6. The van der Waals surface area contributed by atoms with Crippen LogP contribution in [0.15, 0.2) is 51.6 Å². The lowest BCUT2D eigenvalue weighted by Crippen LogP contribution is -2.13. The average Bonchev–Trinajstić information content (AvgIpc) is 3.54. The fourth-order valence-corrected chi connectivity index (χ4v) is 7.66. The standard InChI is InChI=1S/C25H27BrF2N5O7PS2/c1-32(2)15-30-43(37,38)10-4-9-40-20-12-17(11-19-21(26)23(42-22(19)20)25(27,28)41(34,35)36)24-29-14-33(31-24)13-16-5-7-18(39-3)8-6-16/h5-8,11-12,14-15H,4,9-10,13H2,1-3H3,(H2,34,35,36). The Labute approximate surface area is 258 Å². The first-order chi connectivity index (χ1) is 20.1. The van der Waals surface area contributed by atoms with Crippen LogP contribution in [0.5, 0.6) is 11.5 Å².